The van der Waals surface area contributed by atoms with Crippen molar-refractivity contribution in [1.82, 2.24) is 0 Å². The molecule has 0 atom stereocenters. The molecule has 106 valence electrons. The van der Waals surface area contributed by atoms with Crippen molar-refractivity contribution in [2.45, 2.75) is 6.54 Å². The number of carbonyl (C=O) groups is 1. The lowest BCUT2D eigenvalue weighted by Crippen LogP contribution is -2.20. The fraction of sp³-hybridized carbons (Fsp3) is 0.154. The molecule has 7 heteroatoms. The number of nitrogen functional groups attached to an aromatic ring is 1. The lowest BCUT2D eigenvalue weighted by atomic mass is 10.1. The summed E-state index contributed by atoms with van der Waals surface area (Å²) in [6.07, 6.45) is 0. The van der Waals surface area contributed by atoms with Crippen LogP contribution in [0.5, 0.6) is 0 Å². The van der Waals surface area contributed by atoms with Crippen LogP contribution in [0.2, 0.25) is 4.34 Å². The molecule has 0 unspecified atom stereocenters. The Kier molecular flexibility index (Phi) is 4.15. The molecule has 0 saturated heterocycles. The number of hydrogen-bond acceptors (Lipinski definition) is 4. The first-order chi connectivity index (χ1) is 9.40. The highest BCUT2D eigenvalue weighted by Gasteiger charge is 2.20. The van der Waals surface area contributed by atoms with Crippen LogP contribution in [0.25, 0.3) is 0 Å². The van der Waals surface area contributed by atoms with Gasteiger partial charge in [-0.25, -0.2) is 9.18 Å². The number of benzene rings is 1. The van der Waals surface area contributed by atoms with Gasteiger partial charge in [0.25, 0.3) is 0 Å². The molecule has 0 amide bonds. The van der Waals surface area contributed by atoms with E-state index in [0.29, 0.717) is 16.6 Å². The molecular formula is C13H12ClFN2O2S. The van der Waals surface area contributed by atoms with Gasteiger partial charge in [-0.15, -0.1) is 11.3 Å². The van der Waals surface area contributed by atoms with E-state index in [4.69, 9.17) is 17.3 Å². The summed E-state index contributed by atoms with van der Waals surface area (Å²) in [7, 11) is 1.72. The van der Waals surface area contributed by atoms with E-state index in [2.05, 4.69) is 0 Å². The Balaban J connectivity index is 2.36. The number of hydrogen-bond donors (Lipinski definition) is 2. The van der Waals surface area contributed by atoms with Crippen LogP contribution in [0.15, 0.2) is 24.3 Å². The number of carboxylic acids is 1. The predicted molar refractivity (Wildman–Crippen MR) is 79.2 cm³/mol. The summed E-state index contributed by atoms with van der Waals surface area (Å²) in [5.41, 5.74) is 5.30. The third kappa shape index (κ3) is 2.86. The van der Waals surface area contributed by atoms with E-state index < -0.39 is 11.8 Å². The van der Waals surface area contributed by atoms with Gasteiger partial charge in [0.05, 0.1) is 22.3 Å². The first-order valence-electron chi connectivity index (χ1n) is 5.66. The summed E-state index contributed by atoms with van der Waals surface area (Å²) in [5.74, 6) is -1.99. The molecule has 20 heavy (non-hydrogen) atoms. The highest BCUT2D eigenvalue weighted by atomic mass is 35.5. The molecule has 1 heterocycles. The quantitative estimate of drug-likeness (QED) is 0.848. The Morgan fingerprint density at radius 2 is 2.15 bits per heavy atom. The van der Waals surface area contributed by atoms with Gasteiger partial charge in [0.1, 0.15) is 11.4 Å². The molecule has 1 aromatic carbocycles. The average molecular weight is 315 g/mol. The lowest BCUT2D eigenvalue weighted by Gasteiger charge is -2.21. The Morgan fingerprint density at radius 1 is 1.45 bits per heavy atom. The number of halogens is 2. The Hall–Kier alpha value is -1.79. The molecule has 1 aromatic heterocycles. The molecule has 2 rings (SSSR count). The molecule has 0 bridgehead atoms. The summed E-state index contributed by atoms with van der Waals surface area (Å²) in [6.45, 7) is 0.461. The van der Waals surface area contributed by atoms with Crippen LogP contribution in [0, 0.1) is 5.82 Å². The Labute approximate surface area is 124 Å². The molecule has 0 spiro atoms. The summed E-state index contributed by atoms with van der Waals surface area (Å²) >= 11 is 7.26. The fourth-order valence-electron chi connectivity index (χ4n) is 1.88. The maximum Gasteiger partial charge on any atom is 0.340 e. The first kappa shape index (κ1) is 14.6. The summed E-state index contributed by atoms with van der Waals surface area (Å²) in [5, 5.41) is 9.20. The van der Waals surface area contributed by atoms with Crippen LogP contribution in [0.1, 0.15) is 15.2 Å². The number of anilines is 2. The van der Waals surface area contributed by atoms with E-state index in [1.54, 1.807) is 18.0 Å². The van der Waals surface area contributed by atoms with Crippen LogP contribution < -0.4 is 10.6 Å². The largest absolute Gasteiger partial charge is 0.478 e. The first-order valence-corrected chi connectivity index (χ1v) is 6.86. The minimum atomic E-state index is -1.26. The smallest absolute Gasteiger partial charge is 0.340 e. The standard InChI is InChI=1S/C13H12ClFN2O2S/c1-17(6-7-2-5-10(14)20-7)9-4-3-8(15)12(16)11(9)13(18)19/h2-5H,6,16H2,1H3,(H,18,19). The number of rotatable bonds is 4. The zero-order valence-corrected chi connectivity index (χ0v) is 12.1. The molecule has 0 aliphatic heterocycles. The number of nitrogens with two attached hydrogens (primary N) is 1. The highest BCUT2D eigenvalue weighted by Crippen LogP contribution is 2.30. The van der Waals surface area contributed by atoms with Crippen LogP contribution in [0.3, 0.4) is 0 Å². The third-order valence-electron chi connectivity index (χ3n) is 2.82. The SMILES string of the molecule is CN(Cc1ccc(Cl)s1)c1ccc(F)c(N)c1C(=O)O. The zero-order valence-electron chi connectivity index (χ0n) is 10.6. The van der Waals surface area contributed by atoms with Gasteiger partial charge in [-0.2, -0.15) is 0 Å². The van der Waals surface area contributed by atoms with Gasteiger partial charge in [-0.05, 0) is 24.3 Å². The second kappa shape index (κ2) is 5.68. The van der Waals surface area contributed by atoms with Gasteiger partial charge in [0, 0.05) is 11.9 Å². The lowest BCUT2D eigenvalue weighted by molar-refractivity contribution is 0.0698. The molecule has 3 N–H and O–H groups in total. The molecule has 0 radical (unpaired) electrons. The summed E-state index contributed by atoms with van der Waals surface area (Å²) in [6, 6.07) is 6.20. The molecule has 0 aliphatic rings. The topological polar surface area (TPSA) is 66.6 Å². The number of carboxylic acid groups (broad SMARTS) is 1. The van der Waals surface area contributed by atoms with E-state index in [1.807, 2.05) is 6.07 Å². The third-order valence-corrected chi connectivity index (χ3v) is 4.03. The molecular weight excluding hydrogens is 303 g/mol. The number of aromatic carboxylic acids is 1. The van der Waals surface area contributed by atoms with Crippen LogP contribution in [-0.2, 0) is 6.54 Å². The molecule has 4 nitrogen and oxygen atoms in total. The van der Waals surface area contributed by atoms with Gasteiger partial charge in [-0.3, -0.25) is 0 Å². The molecule has 0 aliphatic carbocycles. The number of thiophene rings is 1. The second-order valence-corrected chi connectivity index (χ2v) is 6.02. The van der Waals surface area contributed by atoms with E-state index in [-0.39, 0.29) is 11.3 Å². The highest BCUT2D eigenvalue weighted by molar-refractivity contribution is 7.16. The van der Waals surface area contributed by atoms with Gasteiger partial charge in [-0.1, -0.05) is 11.6 Å². The van der Waals surface area contributed by atoms with Crippen LogP contribution in [0.4, 0.5) is 15.8 Å². The van der Waals surface area contributed by atoms with Crippen molar-refractivity contribution >= 4 is 40.3 Å². The predicted octanol–water partition coefficient (Wildman–Crippen LogP) is 3.46. The van der Waals surface area contributed by atoms with Crippen molar-refractivity contribution in [2.24, 2.45) is 0 Å². The molecule has 0 saturated carbocycles. The minimum absolute atomic E-state index is 0.227. The molecule has 0 fully saturated rings. The van der Waals surface area contributed by atoms with Gasteiger partial charge in [0.2, 0.25) is 0 Å². The van der Waals surface area contributed by atoms with Crippen molar-refractivity contribution in [3.63, 3.8) is 0 Å². The van der Waals surface area contributed by atoms with Crippen molar-refractivity contribution in [2.75, 3.05) is 17.7 Å². The van der Waals surface area contributed by atoms with Crippen molar-refractivity contribution in [3.05, 3.63) is 44.9 Å². The second-order valence-electron chi connectivity index (χ2n) is 4.22. The summed E-state index contributed by atoms with van der Waals surface area (Å²) < 4.78 is 14.0. The van der Waals surface area contributed by atoms with Crippen LogP contribution >= 0.6 is 22.9 Å². The maximum atomic E-state index is 13.4. The monoisotopic (exact) mass is 314 g/mol. The van der Waals surface area contributed by atoms with E-state index in [1.165, 1.54) is 17.4 Å². The summed E-state index contributed by atoms with van der Waals surface area (Å²) in [4.78, 5) is 13.9. The zero-order chi connectivity index (χ0) is 14.9. The minimum Gasteiger partial charge on any atom is -0.478 e. The number of nitrogens with zero attached hydrogens (tertiary/aromatic N) is 1. The maximum absolute atomic E-state index is 13.4. The van der Waals surface area contributed by atoms with Gasteiger partial charge >= 0.3 is 5.97 Å². The fourth-order valence-corrected chi connectivity index (χ4v) is 3.02. The molecule has 2 aromatic rings. The van der Waals surface area contributed by atoms with E-state index >= 15 is 0 Å². The van der Waals surface area contributed by atoms with Crippen molar-refractivity contribution in [3.8, 4) is 0 Å². The Morgan fingerprint density at radius 3 is 2.70 bits per heavy atom. The van der Waals surface area contributed by atoms with E-state index in [9.17, 15) is 14.3 Å². The van der Waals surface area contributed by atoms with Gasteiger partial charge in [0.15, 0.2) is 0 Å². The Bertz CT molecular complexity index is 660. The van der Waals surface area contributed by atoms with Crippen molar-refractivity contribution in [1.29, 1.82) is 0 Å². The normalized spacial score (nSPS) is 10.6. The van der Waals surface area contributed by atoms with Crippen molar-refractivity contribution < 1.29 is 14.3 Å². The van der Waals surface area contributed by atoms with E-state index in [0.717, 1.165) is 10.9 Å². The van der Waals surface area contributed by atoms with Gasteiger partial charge < -0.3 is 15.7 Å². The van der Waals surface area contributed by atoms with Crippen LogP contribution in [-0.4, -0.2) is 18.1 Å². The average Bonchev–Trinajstić information content (AvgIpc) is 2.77.